The van der Waals surface area contributed by atoms with E-state index in [1.807, 2.05) is 43.3 Å². The SMILES string of the molecule is CCOc1ccc(/C=C2\C(=O)ON=C2c2ccccc2)cc1Cl. The van der Waals surface area contributed by atoms with Gasteiger partial charge in [-0.1, -0.05) is 53.2 Å². The lowest BCUT2D eigenvalue weighted by Gasteiger charge is -2.06. The average molecular weight is 328 g/mol. The predicted octanol–water partition coefficient (Wildman–Crippen LogP) is 4.08. The Kier molecular flexibility index (Phi) is 4.44. The van der Waals surface area contributed by atoms with E-state index in [1.54, 1.807) is 18.2 Å². The van der Waals surface area contributed by atoms with Crippen LogP contribution in [0.1, 0.15) is 18.1 Å². The van der Waals surface area contributed by atoms with Crippen molar-refractivity contribution >= 4 is 29.4 Å². The summed E-state index contributed by atoms with van der Waals surface area (Å²) in [6.45, 7) is 2.43. The first-order valence-corrected chi connectivity index (χ1v) is 7.56. The van der Waals surface area contributed by atoms with Crippen LogP contribution in [-0.2, 0) is 9.63 Å². The van der Waals surface area contributed by atoms with E-state index in [0.717, 1.165) is 11.1 Å². The second-order valence-electron chi connectivity index (χ2n) is 4.87. The fourth-order valence-corrected chi connectivity index (χ4v) is 2.50. The fraction of sp³-hybridized carbons (Fsp3) is 0.111. The average Bonchev–Trinajstić information content (AvgIpc) is 2.92. The van der Waals surface area contributed by atoms with Gasteiger partial charge in [-0.3, -0.25) is 0 Å². The molecule has 1 aliphatic heterocycles. The Morgan fingerprint density at radius 2 is 2.00 bits per heavy atom. The molecule has 3 rings (SSSR count). The highest BCUT2D eigenvalue weighted by Crippen LogP contribution is 2.28. The summed E-state index contributed by atoms with van der Waals surface area (Å²) in [7, 11) is 0. The summed E-state index contributed by atoms with van der Waals surface area (Å²) in [6, 6.07) is 14.8. The first-order valence-electron chi connectivity index (χ1n) is 7.18. The van der Waals surface area contributed by atoms with E-state index < -0.39 is 5.97 Å². The maximum absolute atomic E-state index is 12.0. The Morgan fingerprint density at radius 1 is 1.22 bits per heavy atom. The van der Waals surface area contributed by atoms with E-state index >= 15 is 0 Å². The van der Waals surface area contributed by atoms with Crippen LogP contribution in [-0.4, -0.2) is 18.3 Å². The van der Waals surface area contributed by atoms with E-state index in [4.69, 9.17) is 21.2 Å². The number of hydrogen-bond acceptors (Lipinski definition) is 4. The molecule has 0 bridgehead atoms. The van der Waals surface area contributed by atoms with Crippen LogP contribution in [0.15, 0.2) is 59.3 Å². The molecule has 0 amide bonds. The molecule has 0 spiro atoms. The van der Waals surface area contributed by atoms with Gasteiger partial charge in [0.15, 0.2) is 0 Å². The molecule has 4 nitrogen and oxygen atoms in total. The third-order valence-electron chi connectivity index (χ3n) is 3.31. The van der Waals surface area contributed by atoms with Crippen LogP contribution in [0, 0.1) is 0 Å². The highest BCUT2D eigenvalue weighted by Gasteiger charge is 2.26. The molecule has 2 aromatic rings. The van der Waals surface area contributed by atoms with Crippen molar-refractivity contribution in [2.24, 2.45) is 5.16 Å². The van der Waals surface area contributed by atoms with Crippen LogP contribution < -0.4 is 4.74 Å². The second kappa shape index (κ2) is 6.67. The molecule has 116 valence electrons. The zero-order chi connectivity index (χ0) is 16.2. The monoisotopic (exact) mass is 327 g/mol. The lowest BCUT2D eigenvalue weighted by Crippen LogP contribution is -2.06. The molecule has 0 aliphatic carbocycles. The number of hydrogen-bond donors (Lipinski definition) is 0. The number of carbonyl (C=O) groups is 1. The van der Waals surface area contributed by atoms with Gasteiger partial charge in [-0.25, -0.2) is 4.79 Å². The number of nitrogens with zero attached hydrogens (tertiary/aromatic N) is 1. The van der Waals surface area contributed by atoms with Crippen LogP contribution in [0.4, 0.5) is 0 Å². The lowest BCUT2D eigenvalue weighted by molar-refractivity contribution is -0.136. The topological polar surface area (TPSA) is 47.9 Å². The van der Waals surface area contributed by atoms with Crippen molar-refractivity contribution in [3.8, 4) is 5.75 Å². The van der Waals surface area contributed by atoms with Crippen molar-refractivity contribution in [3.05, 3.63) is 70.3 Å². The molecule has 0 N–H and O–H groups in total. The predicted molar refractivity (Wildman–Crippen MR) is 89.7 cm³/mol. The highest BCUT2D eigenvalue weighted by molar-refractivity contribution is 6.33. The first-order chi connectivity index (χ1) is 11.2. The van der Waals surface area contributed by atoms with Crippen LogP contribution in [0.25, 0.3) is 6.08 Å². The van der Waals surface area contributed by atoms with Gasteiger partial charge >= 0.3 is 5.97 Å². The number of rotatable bonds is 4. The molecule has 1 heterocycles. The smallest absolute Gasteiger partial charge is 0.368 e. The molecular formula is C18H14ClNO3. The molecule has 0 unspecified atom stereocenters. The standard InChI is InChI=1S/C18H14ClNO3/c1-2-22-16-9-8-12(11-15(16)19)10-14-17(20-23-18(14)21)13-6-4-3-5-7-13/h3-11H,2H2,1H3/b14-10-. The normalized spacial score (nSPS) is 15.5. The van der Waals surface area contributed by atoms with E-state index in [9.17, 15) is 4.79 Å². The minimum Gasteiger partial charge on any atom is -0.492 e. The third kappa shape index (κ3) is 3.27. The first kappa shape index (κ1) is 15.3. The van der Waals surface area contributed by atoms with E-state index in [1.165, 1.54) is 0 Å². The van der Waals surface area contributed by atoms with Gasteiger partial charge < -0.3 is 9.57 Å². The number of benzene rings is 2. The Hall–Kier alpha value is -2.59. The number of ether oxygens (including phenoxy) is 1. The molecule has 0 fully saturated rings. The summed E-state index contributed by atoms with van der Waals surface area (Å²) in [5.74, 6) is 0.135. The molecule has 1 aliphatic rings. The third-order valence-corrected chi connectivity index (χ3v) is 3.60. The van der Waals surface area contributed by atoms with Gasteiger partial charge in [0.25, 0.3) is 0 Å². The van der Waals surface area contributed by atoms with Crippen molar-refractivity contribution in [1.82, 2.24) is 0 Å². The maximum atomic E-state index is 12.0. The van der Waals surface area contributed by atoms with Crippen molar-refractivity contribution in [2.45, 2.75) is 6.92 Å². The van der Waals surface area contributed by atoms with Gasteiger partial charge in [-0.2, -0.15) is 0 Å². The van der Waals surface area contributed by atoms with Crippen LogP contribution >= 0.6 is 11.6 Å². The molecule has 0 radical (unpaired) electrons. The van der Waals surface area contributed by atoms with E-state index in [-0.39, 0.29) is 0 Å². The summed E-state index contributed by atoms with van der Waals surface area (Å²) < 4.78 is 5.41. The lowest BCUT2D eigenvalue weighted by atomic mass is 10.0. The molecule has 0 saturated carbocycles. The van der Waals surface area contributed by atoms with E-state index in [2.05, 4.69) is 5.16 Å². The zero-order valence-corrected chi connectivity index (χ0v) is 13.2. The summed E-state index contributed by atoms with van der Waals surface area (Å²) in [4.78, 5) is 16.8. The quantitative estimate of drug-likeness (QED) is 0.628. The molecule has 0 atom stereocenters. The minimum absolute atomic E-state index is 0.399. The Bertz CT molecular complexity index is 797. The molecular weight excluding hydrogens is 314 g/mol. The van der Waals surface area contributed by atoms with Crippen LogP contribution in [0.3, 0.4) is 0 Å². The van der Waals surface area contributed by atoms with Gasteiger partial charge in [-0.15, -0.1) is 0 Å². The summed E-state index contributed by atoms with van der Waals surface area (Å²) in [6.07, 6.45) is 1.71. The Labute approximate surface area is 139 Å². The Morgan fingerprint density at radius 3 is 2.70 bits per heavy atom. The minimum atomic E-state index is -0.478. The zero-order valence-electron chi connectivity index (χ0n) is 12.5. The van der Waals surface area contributed by atoms with Crippen molar-refractivity contribution in [3.63, 3.8) is 0 Å². The maximum Gasteiger partial charge on any atom is 0.368 e. The largest absolute Gasteiger partial charge is 0.492 e. The molecule has 5 heteroatoms. The fourth-order valence-electron chi connectivity index (χ4n) is 2.26. The second-order valence-corrected chi connectivity index (χ2v) is 5.27. The molecule has 0 saturated heterocycles. The van der Waals surface area contributed by atoms with Gasteiger partial charge in [0, 0.05) is 5.56 Å². The molecule has 23 heavy (non-hydrogen) atoms. The summed E-state index contributed by atoms with van der Waals surface area (Å²) in [5.41, 5.74) is 2.51. The highest BCUT2D eigenvalue weighted by atomic mass is 35.5. The van der Waals surface area contributed by atoms with Gasteiger partial charge in [0.05, 0.1) is 17.2 Å². The summed E-state index contributed by atoms with van der Waals surface area (Å²) in [5, 5.41) is 4.37. The van der Waals surface area contributed by atoms with Gasteiger partial charge in [0.2, 0.25) is 0 Å². The summed E-state index contributed by atoms with van der Waals surface area (Å²) >= 11 is 6.18. The van der Waals surface area contributed by atoms with Gasteiger partial charge in [-0.05, 0) is 30.7 Å². The van der Waals surface area contributed by atoms with Crippen molar-refractivity contribution in [2.75, 3.05) is 6.61 Å². The van der Waals surface area contributed by atoms with Crippen molar-refractivity contribution < 1.29 is 14.4 Å². The Balaban J connectivity index is 1.96. The number of oxime groups is 1. The number of carbonyl (C=O) groups excluding carboxylic acids is 1. The molecule has 2 aromatic carbocycles. The van der Waals surface area contributed by atoms with Crippen molar-refractivity contribution in [1.29, 1.82) is 0 Å². The van der Waals surface area contributed by atoms with Crippen LogP contribution in [0.2, 0.25) is 5.02 Å². The van der Waals surface area contributed by atoms with E-state index in [0.29, 0.717) is 28.7 Å². The van der Waals surface area contributed by atoms with Crippen LogP contribution in [0.5, 0.6) is 5.75 Å². The molecule has 0 aromatic heterocycles. The number of halogens is 1. The van der Waals surface area contributed by atoms with Gasteiger partial charge in [0.1, 0.15) is 11.5 Å².